The van der Waals surface area contributed by atoms with Gasteiger partial charge in [0, 0.05) is 18.7 Å². The van der Waals surface area contributed by atoms with Crippen LogP contribution in [0.5, 0.6) is 0 Å². The number of benzene rings is 1. The molecule has 0 heterocycles. The molecule has 116 valence electrons. The maximum Gasteiger partial charge on any atom is 0.242 e. The van der Waals surface area contributed by atoms with E-state index in [1.807, 2.05) is 19.1 Å². The van der Waals surface area contributed by atoms with E-state index in [1.165, 1.54) is 0 Å². The Morgan fingerprint density at radius 2 is 1.90 bits per heavy atom. The monoisotopic (exact) mass is 310 g/mol. The summed E-state index contributed by atoms with van der Waals surface area (Å²) in [5.41, 5.74) is 0.686. The number of para-hydroxylation sites is 1. The molecule has 2 fully saturated rings. The van der Waals surface area contributed by atoms with E-state index >= 15 is 0 Å². The smallest absolute Gasteiger partial charge is 0.242 e. The molecule has 0 saturated heterocycles. The Kier molecular flexibility index (Phi) is 4.19. The molecule has 21 heavy (non-hydrogen) atoms. The maximum atomic E-state index is 12.4. The fraction of sp³-hybridized carbons (Fsp3) is 0.600. The van der Waals surface area contributed by atoms with E-state index in [1.54, 1.807) is 12.1 Å². The molecule has 2 N–H and O–H groups in total. The SMILES string of the molecule is CCOC1CC(Nc2ccccc2S(=O)(=O)NC2CC2)C1. The average molecular weight is 310 g/mol. The van der Waals surface area contributed by atoms with Crippen molar-refractivity contribution in [2.24, 2.45) is 0 Å². The normalized spacial score (nSPS) is 25.4. The summed E-state index contributed by atoms with van der Waals surface area (Å²) in [6.45, 7) is 2.72. The van der Waals surface area contributed by atoms with Crippen molar-refractivity contribution in [3.63, 3.8) is 0 Å². The van der Waals surface area contributed by atoms with Crippen molar-refractivity contribution in [1.29, 1.82) is 0 Å². The molecule has 0 aliphatic heterocycles. The van der Waals surface area contributed by atoms with Gasteiger partial charge in [-0.05, 0) is 44.7 Å². The molecular formula is C15H22N2O3S. The second kappa shape index (κ2) is 5.94. The van der Waals surface area contributed by atoms with Gasteiger partial charge in [-0.15, -0.1) is 0 Å². The first-order chi connectivity index (χ1) is 10.1. The molecule has 0 atom stereocenters. The molecule has 0 radical (unpaired) electrons. The fourth-order valence-electron chi connectivity index (χ4n) is 2.58. The van der Waals surface area contributed by atoms with Crippen molar-refractivity contribution < 1.29 is 13.2 Å². The maximum absolute atomic E-state index is 12.4. The predicted octanol–water partition coefficient (Wildman–Crippen LogP) is 2.11. The summed E-state index contributed by atoms with van der Waals surface area (Å²) in [6, 6.07) is 7.52. The lowest BCUT2D eigenvalue weighted by atomic mass is 9.89. The molecule has 1 aromatic carbocycles. The zero-order chi connectivity index (χ0) is 14.9. The fourth-order valence-corrected chi connectivity index (χ4v) is 4.06. The van der Waals surface area contributed by atoms with Gasteiger partial charge in [-0.3, -0.25) is 0 Å². The standard InChI is InChI=1S/C15H22N2O3S/c1-2-20-13-9-12(10-13)16-14-5-3-4-6-15(14)21(18,19)17-11-7-8-11/h3-6,11-13,16-17H,2,7-10H2,1H3. The van der Waals surface area contributed by atoms with E-state index in [-0.39, 0.29) is 6.04 Å². The van der Waals surface area contributed by atoms with Crippen molar-refractivity contribution in [2.75, 3.05) is 11.9 Å². The summed E-state index contributed by atoms with van der Waals surface area (Å²) in [5.74, 6) is 0. The van der Waals surface area contributed by atoms with Crippen LogP contribution in [0.4, 0.5) is 5.69 Å². The second-order valence-corrected chi connectivity index (χ2v) is 7.46. The molecule has 0 aromatic heterocycles. The molecule has 0 amide bonds. The largest absolute Gasteiger partial charge is 0.381 e. The molecule has 5 nitrogen and oxygen atoms in total. The van der Waals surface area contributed by atoms with Crippen LogP contribution in [0.1, 0.15) is 32.6 Å². The molecule has 0 spiro atoms. The molecule has 0 bridgehead atoms. The van der Waals surface area contributed by atoms with Crippen LogP contribution in [0.3, 0.4) is 0 Å². The van der Waals surface area contributed by atoms with Crippen LogP contribution in [-0.4, -0.2) is 33.2 Å². The first kappa shape index (κ1) is 14.8. The van der Waals surface area contributed by atoms with Crippen LogP contribution in [0.2, 0.25) is 0 Å². The highest BCUT2D eigenvalue weighted by Crippen LogP contribution is 2.30. The van der Waals surface area contributed by atoms with E-state index in [0.717, 1.165) is 32.3 Å². The Morgan fingerprint density at radius 3 is 2.57 bits per heavy atom. The van der Waals surface area contributed by atoms with Crippen LogP contribution in [0.25, 0.3) is 0 Å². The topological polar surface area (TPSA) is 67.4 Å². The minimum absolute atomic E-state index is 0.120. The van der Waals surface area contributed by atoms with Gasteiger partial charge in [0.2, 0.25) is 10.0 Å². The highest BCUT2D eigenvalue weighted by Gasteiger charge is 2.32. The van der Waals surface area contributed by atoms with Gasteiger partial charge in [-0.2, -0.15) is 0 Å². The summed E-state index contributed by atoms with van der Waals surface area (Å²) in [7, 11) is -3.42. The Balaban J connectivity index is 1.68. The van der Waals surface area contributed by atoms with E-state index in [2.05, 4.69) is 10.0 Å². The third-order valence-corrected chi connectivity index (χ3v) is 5.51. The quantitative estimate of drug-likeness (QED) is 0.809. The Labute approximate surface area is 126 Å². The second-order valence-electron chi connectivity index (χ2n) is 5.78. The van der Waals surface area contributed by atoms with Crippen molar-refractivity contribution in [3.05, 3.63) is 24.3 Å². The summed E-state index contributed by atoms with van der Waals surface area (Å²) < 4.78 is 33.0. The van der Waals surface area contributed by atoms with E-state index in [4.69, 9.17) is 4.74 Å². The van der Waals surface area contributed by atoms with E-state index < -0.39 is 10.0 Å². The van der Waals surface area contributed by atoms with Gasteiger partial charge in [-0.1, -0.05) is 12.1 Å². The zero-order valence-corrected chi connectivity index (χ0v) is 13.0. The van der Waals surface area contributed by atoms with Crippen molar-refractivity contribution in [2.45, 2.75) is 55.7 Å². The van der Waals surface area contributed by atoms with Gasteiger partial charge >= 0.3 is 0 Å². The number of hydrogen-bond donors (Lipinski definition) is 2. The van der Waals surface area contributed by atoms with Crippen LogP contribution < -0.4 is 10.0 Å². The molecular weight excluding hydrogens is 288 g/mol. The number of nitrogens with one attached hydrogen (secondary N) is 2. The van der Waals surface area contributed by atoms with Crippen molar-refractivity contribution >= 4 is 15.7 Å². The number of anilines is 1. The van der Waals surface area contributed by atoms with E-state index in [0.29, 0.717) is 22.7 Å². The van der Waals surface area contributed by atoms with Crippen LogP contribution in [0.15, 0.2) is 29.2 Å². The molecule has 2 saturated carbocycles. The Bertz CT molecular complexity index is 593. The van der Waals surface area contributed by atoms with E-state index in [9.17, 15) is 8.42 Å². The van der Waals surface area contributed by atoms with Gasteiger partial charge in [-0.25, -0.2) is 13.1 Å². The van der Waals surface area contributed by atoms with Crippen LogP contribution in [0, 0.1) is 0 Å². The molecule has 6 heteroatoms. The lowest BCUT2D eigenvalue weighted by molar-refractivity contribution is 0.00295. The summed E-state index contributed by atoms with van der Waals surface area (Å²) in [5, 5.41) is 3.34. The minimum atomic E-state index is -3.42. The molecule has 1 aromatic rings. The summed E-state index contributed by atoms with van der Waals surface area (Å²) >= 11 is 0. The lowest BCUT2D eigenvalue weighted by Gasteiger charge is -2.36. The Morgan fingerprint density at radius 1 is 1.19 bits per heavy atom. The average Bonchev–Trinajstić information content (AvgIpc) is 3.20. The lowest BCUT2D eigenvalue weighted by Crippen LogP contribution is -2.41. The predicted molar refractivity (Wildman–Crippen MR) is 81.8 cm³/mol. The summed E-state index contributed by atoms with van der Waals surface area (Å²) in [4.78, 5) is 0.344. The van der Waals surface area contributed by atoms with Gasteiger partial charge in [0.15, 0.2) is 0 Å². The number of ether oxygens (including phenoxy) is 1. The zero-order valence-electron chi connectivity index (χ0n) is 12.2. The molecule has 2 aliphatic carbocycles. The number of rotatable bonds is 7. The molecule has 3 rings (SSSR count). The van der Waals surface area contributed by atoms with Crippen molar-refractivity contribution in [1.82, 2.24) is 4.72 Å². The van der Waals surface area contributed by atoms with Gasteiger partial charge in [0.05, 0.1) is 11.8 Å². The first-order valence-electron chi connectivity index (χ1n) is 7.58. The van der Waals surface area contributed by atoms with Gasteiger partial charge < -0.3 is 10.1 Å². The number of sulfonamides is 1. The third-order valence-electron chi connectivity index (χ3n) is 3.93. The molecule has 0 unspecified atom stereocenters. The van der Waals surface area contributed by atoms with Gasteiger partial charge in [0.1, 0.15) is 4.90 Å². The summed E-state index contributed by atoms with van der Waals surface area (Å²) in [6.07, 6.45) is 4.04. The van der Waals surface area contributed by atoms with Crippen LogP contribution >= 0.6 is 0 Å². The number of hydrogen-bond acceptors (Lipinski definition) is 4. The highest BCUT2D eigenvalue weighted by atomic mass is 32.2. The molecule has 2 aliphatic rings. The minimum Gasteiger partial charge on any atom is -0.381 e. The van der Waals surface area contributed by atoms with Crippen LogP contribution in [-0.2, 0) is 14.8 Å². The first-order valence-corrected chi connectivity index (χ1v) is 9.06. The van der Waals surface area contributed by atoms with Crippen molar-refractivity contribution in [3.8, 4) is 0 Å². The highest BCUT2D eigenvalue weighted by molar-refractivity contribution is 7.89. The van der Waals surface area contributed by atoms with Gasteiger partial charge in [0.25, 0.3) is 0 Å². The third kappa shape index (κ3) is 3.56. The Hall–Kier alpha value is -1.11.